The lowest BCUT2D eigenvalue weighted by Gasteiger charge is -2.21. The minimum atomic E-state index is -1.23. The van der Waals surface area contributed by atoms with Gasteiger partial charge in [0.15, 0.2) is 11.5 Å². The zero-order chi connectivity index (χ0) is 26.3. The fourth-order valence-electron chi connectivity index (χ4n) is 4.30. The van der Waals surface area contributed by atoms with Gasteiger partial charge in [-0.25, -0.2) is 23.1 Å². The summed E-state index contributed by atoms with van der Waals surface area (Å²) in [6.07, 6.45) is -1.23. The molecular weight excluding hydrogens is 481 g/mol. The lowest BCUT2D eigenvalue weighted by molar-refractivity contribution is 0.143. The normalized spacial score (nSPS) is 13.0. The van der Waals surface area contributed by atoms with Crippen LogP contribution in [0.2, 0.25) is 0 Å². The Labute approximate surface area is 209 Å². The van der Waals surface area contributed by atoms with Gasteiger partial charge in [0.2, 0.25) is 0 Å². The maximum absolute atomic E-state index is 14.8. The minimum absolute atomic E-state index is 0.0707. The number of aliphatic hydroxyl groups excluding tert-OH is 1. The molecule has 0 aliphatic carbocycles. The Hall–Kier alpha value is -4.34. The Kier molecular flexibility index (Phi) is 6.32. The minimum Gasteiger partial charge on any atom is -0.386 e. The van der Waals surface area contributed by atoms with Crippen molar-refractivity contribution in [3.8, 4) is 16.9 Å². The summed E-state index contributed by atoms with van der Waals surface area (Å²) in [5, 5.41) is 11.2. The Morgan fingerprint density at radius 2 is 1.59 bits per heavy atom. The molecule has 0 radical (unpaired) electrons. The van der Waals surface area contributed by atoms with Crippen LogP contribution in [0.1, 0.15) is 29.1 Å². The van der Waals surface area contributed by atoms with E-state index in [9.17, 15) is 23.1 Å². The third-order valence-corrected chi connectivity index (χ3v) is 6.15. The first kappa shape index (κ1) is 24.4. The summed E-state index contributed by atoms with van der Waals surface area (Å²) in [4.78, 5) is 22.0. The van der Waals surface area contributed by atoms with E-state index < -0.39 is 40.8 Å². The van der Waals surface area contributed by atoms with Crippen LogP contribution in [0, 0.1) is 24.4 Å². The Bertz CT molecular complexity index is 1670. The number of halogens is 3. The Morgan fingerprint density at radius 3 is 2.27 bits per heavy atom. The van der Waals surface area contributed by atoms with Gasteiger partial charge >= 0.3 is 0 Å². The number of aryl methyl sites for hydroxylation is 1. The van der Waals surface area contributed by atoms with Crippen molar-refractivity contribution in [1.29, 1.82) is 0 Å². The van der Waals surface area contributed by atoms with E-state index in [0.717, 1.165) is 22.8 Å². The van der Waals surface area contributed by atoms with Crippen molar-refractivity contribution in [3.63, 3.8) is 0 Å². The second-order valence-electron chi connectivity index (χ2n) is 8.59. The van der Waals surface area contributed by atoms with Crippen molar-refractivity contribution in [2.24, 2.45) is 5.73 Å². The third kappa shape index (κ3) is 4.39. The number of hydrogen-bond acceptors (Lipinski definition) is 5. The summed E-state index contributed by atoms with van der Waals surface area (Å²) in [7, 11) is 0. The summed E-state index contributed by atoms with van der Waals surface area (Å²) in [6, 6.07) is 17.4. The zero-order valence-electron chi connectivity index (χ0n) is 19.6. The molecular formula is C28H21F3N4O2. The SMILES string of the molecule is Cc1cc(F)ccc1-c1nc(C(N)C(O)c2ccccc2)nc2c1ccc(=O)n2-c1c(F)cccc1F. The number of aromatic nitrogens is 3. The number of hydrogen-bond donors (Lipinski definition) is 2. The molecule has 0 fully saturated rings. The average molecular weight is 502 g/mol. The topological polar surface area (TPSA) is 94.0 Å². The highest BCUT2D eigenvalue weighted by atomic mass is 19.1. The summed E-state index contributed by atoms with van der Waals surface area (Å²) < 4.78 is 44.4. The van der Waals surface area contributed by atoms with Gasteiger partial charge in [0, 0.05) is 17.0 Å². The van der Waals surface area contributed by atoms with Gasteiger partial charge in [0.1, 0.15) is 29.2 Å². The van der Waals surface area contributed by atoms with Crippen molar-refractivity contribution in [3.05, 3.63) is 124 Å². The summed E-state index contributed by atoms with van der Waals surface area (Å²) in [6.45, 7) is 1.68. The molecule has 186 valence electrons. The summed E-state index contributed by atoms with van der Waals surface area (Å²) in [5.41, 5.74) is 6.71. The smallest absolute Gasteiger partial charge is 0.256 e. The predicted octanol–water partition coefficient (Wildman–Crippen LogP) is 4.91. The van der Waals surface area contributed by atoms with Crippen molar-refractivity contribution in [2.75, 3.05) is 0 Å². The summed E-state index contributed by atoms with van der Waals surface area (Å²) >= 11 is 0. The number of para-hydroxylation sites is 1. The molecule has 2 aromatic heterocycles. The van der Waals surface area contributed by atoms with E-state index in [4.69, 9.17) is 5.73 Å². The van der Waals surface area contributed by atoms with E-state index >= 15 is 0 Å². The molecule has 0 saturated heterocycles. The van der Waals surface area contributed by atoms with E-state index in [1.807, 2.05) is 0 Å². The number of nitrogens with two attached hydrogens (primary N) is 1. The monoisotopic (exact) mass is 502 g/mol. The molecule has 2 atom stereocenters. The van der Waals surface area contributed by atoms with Gasteiger partial charge in [-0.3, -0.25) is 9.36 Å². The van der Waals surface area contributed by atoms with Crippen LogP contribution < -0.4 is 11.3 Å². The molecule has 2 heterocycles. The zero-order valence-corrected chi connectivity index (χ0v) is 19.6. The van der Waals surface area contributed by atoms with Gasteiger partial charge in [-0.05, 0) is 54.4 Å². The van der Waals surface area contributed by atoms with E-state index in [2.05, 4.69) is 9.97 Å². The van der Waals surface area contributed by atoms with Crippen LogP contribution >= 0.6 is 0 Å². The van der Waals surface area contributed by atoms with E-state index in [-0.39, 0.29) is 22.6 Å². The van der Waals surface area contributed by atoms with Crippen LogP contribution in [-0.4, -0.2) is 19.6 Å². The maximum Gasteiger partial charge on any atom is 0.256 e. The quantitative estimate of drug-likeness (QED) is 0.356. The molecule has 2 unspecified atom stereocenters. The predicted molar refractivity (Wildman–Crippen MR) is 134 cm³/mol. The number of aliphatic hydroxyl groups is 1. The van der Waals surface area contributed by atoms with Gasteiger partial charge in [0.25, 0.3) is 5.56 Å². The van der Waals surface area contributed by atoms with Gasteiger partial charge < -0.3 is 10.8 Å². The largest absolute Gasteiger partial charge is 0.386 e. The highest BCUT2D eigenvalue weighted by Gasteiger charge is 2.26. The van der Waals surface area contributed by atoms with Crippen LogP contribution in [-0.2, 0) is 0 Å². The van der Waals surface area contributed by atoms with Crippen molar-refractivity contribution >= 4 is 11.0 Å². The first-order valence-electron chi connectivity index (χ1n) is 11.4. The molecule has 5 rings (SSSR count). The van der Waals surface area contributed by atoms with Gasteiger partial charge in [0.05, 0.1) is 11.7 Å². The van der Waals surface area contributed by atoms with Crippen LogP contribution in [0.3, 0.4) is 0 Å². The van der Waals surface area contributed by atoms with Crippen LogP contribution in [0.25, 0.3) is 28.0 Å². The van der Waals surface area contributed by atoms with E-state index in [1.165, 1.54) is 30.3 Å². The molecule has 6 nitrogen and oxygen atoms in total. The number of pyridine rings is 1. The molecule has 0 aliphatic rings. The average Bonchev–Trinajstić information content (AvgIpc) is 2.89. The first-order valence-corrected chi connectivity index (χ1v) is 11.4. The van der Waals surface area contributed by atoms with Gasteiger partial charge in [-0.15, -0.1) is 0 Å². The highest BCUT2D eigenvalue weighted by molar-refractivity contribution is 5.92. The number of fused-ring (bicyclic) bond motifs is 1. The number of nitrogens with zero attached hydrogens (tertiary/aromatic N) is 3. The molecule has 37 heavy (non-hydrogen) atoms. The van der Waals surface area contributed by atoms with E-state index in [0.29, 0.717) is 16.7 Å². The highest BCUT2D eigenvalue weighted by Crippen LogP contribution is 2.33. The fraction of sp³-hybridized carbons (Fsp3) is 0.107. The molecule has 0 saturated carbocycles. The first-order chi connectivity index (χ1) is 17.8. The molecule has 0 spiro atoms. The molecule has 0 aliphatic heterocycles. The van der Waals surface area contributed by atoms with Crippen LogP contribution in [0.4, 0.5) is 13.2 Å². The standard InChI is InChI=1S/C28H21F3N4O2/c1-15-14-17(29)10-11-18(15)24-19-12-13-22(36)35(25-20(30)8-5-9-21(25)31)28(19)34-27(33-24)23(32)26(37)16-6-3-2-4-7-16/h2-14,23,26,37H,32H2,1H3. The molecule has 0 bridgehead atoms. The Balaban J connectivity index is 1.85. The van der Waals surface area contributed by atoms with Gasteiger partial charge in [-0.2, -0.15) is 0 Å². The van der Waals surface area contributed by atoms with Crippen LogP contribution in [0.5, 0.6) is 0 Å². The summed E-state index contributed by atoms with van der Waals surface area (Å²) in [5.74, 6) is -2.47. The second-order valence-corrected chi connectivity index (χ2v) is 8.59. The second kappa shape index (κ2) is 9.61. The molecule has 3 aromatic carbocycles. The van der Waals surface area contributed by atoms with Gasteiger partial charge in [-0.1, -0.05) is 36.4 Å². The van der Waals surface area contributed by atoms with Crippen LogP contribution in [0.15, 0.2) is 83.7 Å². The maximum atomic E-state index is 14.8. The molecule has 9 heteroatoms. The van der Waals surface area contributed by atoms with Crippen molar-refractivity contribution in [2.45, 2.75) is 19.1 Å². The number of rotatable bonds is 5. The Morgan fingerprint density at radius 1 is 0.892 bits per heavy atom. The third-order valence-electron chi connectivity index (χ3n) is 6.15. The number of benzene rings is 3. The molecule has 0 amide bonds. The molecule has 5 aromatic rings. The van der Waals surface area contributed by atoms with Crippen molar-refractivity contribution < 1.29 is 18.3 Å². The molecule has 3 N–H and O–H groups in total. The fourth-order valence-corrected chi connectivity index (χ4v) is 4.30. The lowest BCUT2D eigenvalue weighted by atomic mass is 10.00. The van der Waals surface area contributed by atoms with Crippen molar-refractivity contribution in [1.82, 2.24) is 14.5 Å². The van der Waals surface area contributed by atoms with E-state index in [1.54, 1.807) is 37.3 Å². The lowest BCUT2D eigenvalue weighted by Crippen LogP contribution is -2.25.